The number of pyridine rings is 1. The summed E-state index contributed by atoms with van der Waals surface area (Å²) in [5, 5.41) is 4.23. The summed E-state index contributed by atoms with van der Waals surface area (Å²) in [6, 6.07) is 14.0. The lowest BCUT2D eigenvalue weighted by atomic mass is 10.1. The van der Waals surface area contributed by atoms with Crippen molar-refractivity contribution < 1.29 is 0 Å². The van der Waals surface area contributed by atoms with Crippen molar-refractivity contribution in [2.24, 2.45) is 7.05 Å². The van der Waals surface area contributed by atoms with Crippen molar-refractivity contribution >= 4 is 15.9 Å². The van der Waals surface area contributed by atoms with E-state index in [2.05, 4.69) is 50.0 Å². The molecule has 108 valence electrons. The highest BCUT2D eigenvalue weighted by Gasteiger charge is 2.07. The van der Waals surface area contributed by atoms with Crippen molar-refractivity contribution in [1.82, 2.24) is 14.8 Å². The van der Waals surface area contributed by atoms with Crippen LogP contribution in [0.15, 0.2) is 53.1 Å². The van der Waals surface area contributed by atoms with Gasteiger partial charge in [0.25, 0.3) is 0 Å². The molecule has 1 aromatic carbocycles. The first-order valence-corrected chi connectivity index (χ1v) is 7.66. The molecule has 0 aliphatic heterocycles. The second-order valence-electron chi connectivity index (χ2n) is 4.96. The Labute approximate surface area is 138 Å². The molecule has 3 aromatic rings. The van der Waals surface area contributed by atoms with Gasteiger partial charge in [0.2, 0.25) is 0 Å². The molecule has 0 amide bonds. The average Bonchev–Trinajstić information content (AvgIpc) is 2.85. The predicted molar refractivity (Wildman–Crippen MR) is 91.3 cm³/mol. The van der Waals surface area contributed by atoms with Gasteiger partial charge in [0.05, 0.1) is 16.4 Å². The number of benzene rings is 1. The van der Waals surface area contributed by atoms with Gasteiger partial charge in [0.1, 0.15) is 5.69 Å². The number of rotatable bonds is 1. The monoisotopic (exact) mass is 351 g/mol. The Kier molecular flexibility index (Phi) is 4.08. The Morgan fingerprint density at radius 2 is 1.82 bits per heavy atom. The number of aryl methyl sites for hydroxylation is 2. The van der Waals surface area contributed by atoms with Crippen LogP contribution in [-0.4, -0.2) is 14.8 Å². The number of aromatic nitrogens is 3. The third-order valence-electron chi connectivity index (χ3n) is 3.28. The summed E-state index contributed by atoms with van der Waals surface area (Å²) in [6.45, 7) is 1.96. The summed E-state index contributed by atoms with van der Waals surface area (Å²) in [5.41, 5.74) is 4.89. The maximum Gasteiger partial charge on any atom is 0.113 e. The van der Waals surface area contributed by atoms with Gasteiger partial charge in [-0.15, -0.1) is 0 Å². The van der Waals surface area contributed by atoms with Crippen LogP contribution < -0.4 is 0 Å². The minimum absolute atomic E-state index is 0.790. The number of halogens is 1. The van der Waals surface area contributed by atoms with Crippen LogP contribution in [0.4, 0.5) is 0 Å². The van der Waals surface area contributed by atoms with Gasteiger partial charge in [-0.3, -0.25) is 4.68 Å². The Balaban J connectivity index is 1.87. The molecule has 22 heavy (non-hydrogen) atoms. The van der Waals surface area contributed by atoms with Crippen LogP contribution in [0.1, 0.15) is 17.0 Å². The maximum absolute atomic E-state index is 4.38. The first-order chi connectivity index (χ1) is 10.6. The smallest absolute Gasteiger partial charge is 0.113 e. The van der Waals surface area contributed by atoms with Crippen LogP contribution in [0.2, 0.25) is 0 Å². The van der Waals surface area contributed by atoms with E-state index in [0.717, 1.165) is 32.7 Å². The molecule has 3 rings (SSSR count). The van der Waals surface area contributed by atoms with E-state index >= 15 is 0 Å². The van der Waals surface area contributed by atoms with Gasteiger partial charge in [-0.2, -0.15) is 5.10 Å². The fourth-order valence-electron chi connectivity index (χ4n) is 2.20. The summed E-state index contributed by atoms with van der Waals surface area (Å²) in [7, 11) is 1.93. The molecule has 0 unspecified atom stereocenters. The third kappa shape index (κ3) is 3.10. The largest absolute Gasteiger partial charge is 0.267 e. The number of hydrogen-bond acceptors (Lipinski definition) is 2. The molecular formula is C18H14BrN3. The van der Waals surface area contributed by atoms with Crippen molar-refractivity contribution in [3.05, 3.63) is 70.1 Å². The van der Waals surface area contributed by atoms with E-state index in [1.54, 1.807) is 6.20 Å². The highest BCUT2D eigenvalue weighted by atomic mass is 79.9. The van der Waals surface area contributed by atoms with Crippen molar-refractivity contribution in [3.63, 3.8) is 0 Å². The van der Waals surface area contributed by atoms with Crippen molar-refractivity contribution in [2.45, 2.75) is 6.92 Å². The molecule has 0 aliphatic carbocycles. The Morgan fingerprint density at radius 3 is 2.45 bits per heavy atom. The van der Waals surface area contributed by atoms with Gasteiger partial charge in [-0.05, 0) is 53.0 Å². The molecule has 0 fully saturated rings. The zero-order chi connectivity index (χ0) is 15.5. The van der Waals surface area contributed by atoms with Gasteiger partial charge in [0.15, 0.2) is 0 Å². The molecule has 0 spiro atoms. The molecule has 0 bridgehead atoms. The van der Waals surface area contributed by atoms with Gasteiger partial charge in [-0.25, -0.2) is 4.98 Å². The first kappa shape index (κ1) is 14.6. The van der Waals surface area contributed by atoms with Crippen LogP contribution in [0, 0.1) is 18.8 Å². The van der Waals surface area contributed by atoms with E-state index in [9.17, 15) is 0 Å². The van der Waals surface area contributed by atoms with Crippen molar-refractivity contribution in [1.29, 1.82) is 0 Å². The minimum Gasteiger partial charge on any atom is -0.267 e. The van der Waals surface area contributed by atoms with E-state index in [1.165, 1.54) is 0 Å². The average molecular weight is 352 g/mol. The van der Waals surface area contributed by atoms with Gasteiger partial charge in [0, 0.05) is 23.9 Å². The Bertz CT molecular complexity index is 848. The predicted octanol–water partition coefficient (Wildman–Crippen LogP) is 3.95. The number of hydrogen-bond donors (Lipinski definition) is 0. The van der Waals surface area contributed by atoms with Gasteiger partial charge >= 0.3 is 0 Å². The van der Waals surface area contributed by atoms with E-state index in [-0.39, 0.29) is 0 Å². The van der Waals surface area contributed by atoms with Crippen molar-refractivity contribution in [3.8, 4) is 23.1 Å². The summed E-state index contributed by atoms with van der Waals surface area (Å²) in [6.07, 6.45) is 1.80. The Hall–Kier alpha value is -2.38. The van der Waals surface area contributed by atoms with E-state index in [1.807, 2.05) is 49.0 Å². The maximum atomic E-state index is 4.38. The summed E-state index contributed by atoms with van der Waals surface area (Å²) < 4.78 is 2.83. The lowest BCUT2D eigenvalue weighted by molar-refractivity contribution is 0.776. The highest BCUT2D eigenvalue weighted by molar-refractivity contribution is 9.10. The molecule has 3 nitrogen and oxygen atoms in total. The van der Waals surface area contributed by atoms with E-state index in [4.69, 9.17) is 0 Å². The SMILES string of the molecule is Cc1cccc(C#Cc2ccc(-c3c(Br)cnn3C)cc2)n1. The standard InChI is InChI=1S/C18H14BrN3/c1-13-4-3-5-16(21-13)11-8-14-6-9-15(10-7-14)18-17(19)12-20-22(18)2/h3-7,9-10,12H,1-2H3. The topological polar surface area (TPSA) is 30.7 Å². The summed E-state index contributed by atoms with van der Waals surface area (Å²) in [5.74, 6) is 6.23. The fraction of sp³-hybridized carbons (Fsp3) is 0.111. The molecule has 0 atom stereocenters. The summed E-state index contributed by atoms with van der Waals surface area (Å²) >= 11 is 3.52. The fourth-order valence-corrected chi connectivity index (χ4v) is 2.77. The second kappa shape index (κ2) is 6.17. The zero-order valence-electron chi connectivity index (χ0n) is 12.3. The van der Waals surface area contributed by atoms with Crippen molar-refractivity contribution in [2.75, 3.05) is 0 Å². The zero-order valence-corrected chi connectivity index (χ0v) is 13.9. The molecule has 0 saturated heterocycles. The lowest BCUT2D eigenvalue weighted by Gasteiger charge is -2.03. The van der Waals surface area contributed by atoms with Crippen LogP contribution in [0.5, 0.6) is 0 Å². The minimum atomic E-state index is 0.790. The molecule has 0 saturated carbocycles. The molecule has 2 heterocycles. The van der Waals surface area contributed by atoms with Gasteiger partial charge in [-0.1, -0.05) is 24.1 Å². The molecule has 2 aromatic heterocycles. The van der Waals surface area contributed by atoms with Crippen LogP contribution >= 0.6 is 15.9 Å². The Morgan fingerprint density at radius 1 is 1.05 bits per heavy atom. The van der Waals surface area contributed by atoms with Crippen LogP contribution in [0.3, 0.4) is 0 Å². The molecule has 0 aliphatic rings. The highest BCUT2D eigenvalue weighted by Crippen LogP contribution is 2.27. The number of nitrogens with zero attached hydrogens (tertiary/aromatic N) is 3. The molecule has 0 N–H and O–H groups in total. The van der Waals surface area contributed by atoms with E-state index < -0.39 is 0 Å². The quantitative estimate of drug-likeness (QED) is 0.621. The van der Waals surface area contributed by atoms with Crippen LogP contribution in [-0.2, 0) is 7.05 Å². The third-order valence-corrected chi connectivity index (χ3v) is 3.86. The van der Waals surface area contributed by atoms with Crippen LogP contribution in [0.25, 0.3) is 11.3 Å². The normalized spacial score (nSPS) is 10.1. The lowest BCUT2D eigenvalue weighted by Crippen LogP contribution is -1.93. The summed E-state index contributed by atoms with van der Waals surface area (Å²) in [4.78, 5) is 4.38. The molecule has 4 heteroatoms. The van der Waals surface area contributed by atoms with Gasteiger partial charge < -0.3 is 0 Å². The first-order valence-electron chi connectivity index (χ1n) is 6.87. The molecule has 0 radical (unpaired) electrons. The van der Waals surface area contributed by atoms with E-state index in [0.29, 0.717) is 0 Å². The second-order valence-corrected chi connectivity index (χ2v) is 5.81. The molecular weight excluding hydrogens is 338 g/mol.